The monoisotopic (exact) mass is 291 g/mol. The number of methoxy groups -OCH3 is 1. The highest BCUT2D eigenvalue weighted by Crippen LogP contribution is 2.31. The molecule has 0 spiro atoms. The van der Waals surface area contributed by atoms with Gasteiger partial charge in [0.15, 0.2) is 0 Å². The molecule has 0 heterocycles. The normalized spacial score (nSPS) is 25.2. The molecule has 1 aliphatic rings. The maximum absolute atomic E-state index is 12.2. The minimum Gasteiger partial charge on any atom is -0.497 e. The highest BCUT2D eigenvalue weighted by Gasteiger charge is 2.35. The summed E-state index contributed by atoms with van der Waals surface area (Å²) in [6, 6.07) is 7.07. The van der Waals surface area contributed by atoms with Gasteiger partial charge in [0.1, 0.15) is 5.75 Å². The third-order valence-corrected chi connectivity index (χ3v) is 4.21. The summed E-state index contributed by atoms with van der Waals surface area (Å²) in [5.41, 5.74) is 6.39. The fourth-order valence-corrected chi connectivity index (χ4v) is 3.09. The van der Waals surface area contributed by atoms with E-state index in [-0.39, 0.29) is 11.6 Å². The second-order valence-electron chi connectivity index (χ2n) is 5.99. The smallest absolute Gasteiger partial charge is 0.319 e. The number of hydrogen-bond acceptors (Lipinski definition) is 3. The van der Waals surface area contributed by atoms with E-state index in [2.05, 4.69) is 17.6 Å². The maximum atomic E-state index is 12.2. The van der Waals surface area contributed by atoms with E-state index in [9.17, 15) is 4.79 Å². The van der Waals surface area contributed by atoms with Crippen LogP contribution in [0.25, 0.3) is 0 Å². The fourth-order valence-electron chi connectivity index (χ4n) is 3.09. The lowest BCUT2D eigenvalue weighted by Crippen LogP contribution is -2.57. The van der Waals surface area contributed by atoms with E-state index in [0.29, 0.717) is 12.5 Å². The number of nitrogens with two attached hydrogens (primary N) is 1. The first-order chi connectivity index (χ1) is 10.1. The lowest BCUT2D eigenvalue weighted by molar-refractivity contribution is 0.191. The molecule has 116 valence electrons. The van der Waals surface area contributed by atoms with Crippen molar-refractivity contribution in [3.63, 3.8) is 0 Å². The van der Waals surface area contributed by atoms with Crippen molar-refractivity contribution in [2.45, 2.75) is 38.1 Å². The predicted octanol–water partition coefficient (Wildman–Crippen LogP) is 2.72. The Morgan fingerprint density at radius 2 is 2.14 bits per heavy atom. The third kappa shape index (κ3) is 4.11. The highest BCUT2D eigenvalue weighted by atomic mass is 16.5. The predicted molar refractivity (Wildman–Crippen MR) is 84.6 cm³/mol. The van der Waals surface area contributed by atoms with Gasteiger partial charge in [-0.05, 0) is 43.0 Å². The number of anilines is 1. The quantitative estimate of drug-likeness (QED) is 0.798. The van der Waals surface area contributed by atoms with Gasteiger partial charge in [0.2, 0.25) is 0 Å². The van der Waals surface area contributed by atoms with Gasteiger partial charge in [0, 0.05) is 12.2 Å². The molecule has 5 nitrogen and oxygen atoms in total. The first kappa shape index (κ1) is 15.6. The molecule has 0 aromatic heterocycles. The second kappa shape index (κ2) is 6.80. The zero-order valence-corrected chi connectivity index (χ0v) is 12.8. The van der Waals surface area contributed by atoms with Crippen molar-refractivity contribution in [3.8, 4) is 5.75 Å². The Kier molecular flexibility index (Phi) is 5.07. The molecule has 1 aromatic rings. The van der Waals surface area contributed by atoms with Crippen molar-refractivity contribution in [1.29, 1.82) is 0 Å². The van der Waals surface area contributed by atoms with E-state index in [4.69, 9.17) is 10.5 Å². The van der Waals surface area contributed by atoms with Crippen molar-refractivity contribution in [2.24, 2.45) is 11.7 Å². The van der Waals surface area contributed by atoms with Crippen molar-refractivity contribution in [3.05, 3.63) is 24.3 Å². The first-order valence-corrected chi connectivity index (χ1v) is 7.50. The Labute approximate surface area is 126 Å². The molecule has 0 aliphatic heterocycles. The zero-order valence-electron chi connectivity index (χ0n) is 12.8. The second-order valence-corrected chi connectivity index (χ2v) is 5.99. The van der Waals surface area contributed by atoms with Gasteiger partial charge in [-0.2, -0.15) is 0 Å². The molecule has 2 amide bonds. The van der Waals surface area contributed by atoms with Crippen LogP contribution in [0.1, 0.15) is 32.6 Å². The van der Waals surface area contributed by atoms with Crippen LogP contribution in [0.15, 0.2) is 24.3 Å². The van der Waals surface area contributed by atoms with Gasteiger partial charge in [0.05, 0.1) is 12.6 Å². The molecule has 1 aliphatic carbocycles. The largest absolute Gasteiger partial charge is 0.497 e. The van der Waals surface area contributed by atoms with Crippen LogP contribution < -0.4 is 21.1 Å². The van der Waals surface area contributed by atoms with Crippen LogP contribution in [0.2, 0.25) is 0 Å². The van der Waals surface area contributed by atoms with Crippen molar-refractivity contribution in [2.75, 3.05) is 19.0 Å². The van der Waals surface area contributed by atoms with Crippen LogP contribution in [-0.4, -0.2) is 25.2 Å². The molecule has 0 saturated heterocycles. The van der Waals surface area contributed by atoms with Crippen LogP contribution in [0, 0.1) is 5.92 Å². The molecule has 0 bridgehead atoms. The van der Waals surface area contributed by atoms with E-state index >= 15 is 0 Å². The van der Waals surface area contributed by atoms with E-state index in [1.165, 1.54) is 6.42 Å². The van der Waals surface area contributed by atoms with E-state index in [1.54, 1.807) is 7.11 Å². The van der Waals surface area contributed by atoms with Gasteiger partial charge < -0.3 is 21.1 Å². The topological polar surface area (TPSA) is 76.4 Å². The summed E-state index contributed by atoms with van der Waals surface area (Å²) in [7, 11) is 1.62. The van der Waals surface area contributed by atoms with E-state index < -0.39 is 0 Å². The van der Waals surface area contributed by atoms with Crippen LogP contribution in [-0.2, 0) is 0 Å². The Morgan fingerprint density at radius 1 is 1.43 bits per heavy atom. The Morgan fingerprint density at radius 3 is 2.71 bits per heavy atom. The molecule has 1 saturated carbocycles. The summed E-state index contributed by atoms with van der Waals surface area (Å²) >= 11 is 0. The number of rotatable bonds is 4. The number of benzene rings is 1. The van der Waals surface area contributed by atoms with Gasteiger partial charge in [-0.3, -0.25) is 0 Å². The number of amides is 2. The summed E-state index contributed by atoms with van der Waals surface area (Å²) in [6.07, 6.45) is 4.22. The zero-order chi connectivity index (χ0) is 15.3. The average Bonchev–Trinajstić information content (AvgIpc) is 2.48. The molecular weight excluding hydrogens is 266 g/mol. The minimum atomic E-state index is -0.270. The fraction of sp³-hybridized carbons (Fsp3) is 0.562. The number of ether oxygens (including phenoxy) is 1. The summed E-state index contributed by atoms with van der Waals surface area (Å²) in [5.74, 6) is 1.36. The number of urea groups is 1. The van der Waals surface area contributed by atoms with Gasteiger partial charge in [-0.15, -0.1) is 0 Å². The Balaban J connectivity index is 1.95. The van der Waals surface area contributed by atoms with Crippen LogP contribution in [0.3, 0.4) is 0 Å². The van der Waals surface area contributed by atoms with Crippen molar-refractivity contribution >= 4 is 11.7 Å². The molecule has 4 N–H and O–H groups in total. The third-order valence-electron chi connectivity index (χ3n) is 4.21. The first-order valence-electron chi connectivity index (χ1n) is 7.50. The van der Waals surface area contributed by atoms with Crippen LogP contribution in [0.4, 0.5) is 10.5 Å². The minimum absolute atomic E-state index is 0.195. The van der Waals surface area contributed by atoms with E-state index in [0.717, 1.165) is 30.7 Å². The van der Waals surface area contributed by atoms with Gasteiger partial charge >= 0.3 is 6.03 Å². The number of carbonyl (C=O) groups excluding carboxylic acids is 1. The van der Waals surface area contributed by atoms with Crippen LogP contribution >= 0.6 is 0 Å². The summed E-state index contributed by atoms with van der Waals surface area (Å²) in [6.45, 7) is 2.69. The Hall–Kier alpha value is -1.75. The molecule has 21 heavy (non-hydrogen) atoms. The summed E-state index contributed by atoms with van der Waals surface area (Å²) < 4.78 is 5.10. The van der Waals surface area contributed by atoms with E-state index in [1.807, 2.05) is 24.3 Å². The molecule has 2 rings (SSSR count). The number of nitrogens with one attached hydrogen (secondary N) is 2. The molecular formula is C16H25N3O2. The lowest BCUT2D eigenvalue weighted by atomic mass is 9.76. The molecule has 1 aromatic carbocycles. The van der Waals surface area contributed by atoms with Gasteiger partial charge in [0.25, 0.3) is 0 Å². The standard InChI is InChI=1S/C16H25N3O2/c1-12-4-3-9-16(10-12,11-17)19-15(20)18-13-5-7-14(21-2)8-6-13/h5-8,12H,3-4,9-11,17H2,1-2H3,(H2,18,19,20). The van der Waals surface area contributed by atoms with Crippen LogP contribution in [0.5, 0.6) is 5.75 Å². The number of hydrogen-bond donors (Lipinski definition) is 3. The average molecular weight is 291 g/mol. The van der Waals surface area contributed by atoms with Gasteiger partial charge in [-0.25, -0.2) is 4.79 Å². The van der Waals surface area contributed by atoms with Crippen molar-refractivity contribution < 1.29 is 9.53 Å². The lowest BCUT2D eigenvalue weighted by Gasteiger charge is -2.39. The highest BCUT2D eigenvalue weighted by molar-refractivity contribution is 5.89. The SMILES string of the molecule is COc1ccc(NC(=O)NC2(CN)CCCC(C)C2)cc1. The summed E-state index contributed by atoms with van der Waals surface area (Å²) in [5, 5.41) is 5.94. The molecule has 2 atom stereocenters. The molecule has 5 heteroatoms. The number of carbonyl (C=O) groups is 1. The molecule has 1 fully saturated rings. The molecule has 2 unspecified atom stereocenters. The summed E-state index contributed by atoms with van der Waals surface area (Å²) in [4.78, 5) is 12.2. The van der Waals surface area contributed by atoms with Crippen molar-refractivity contribution in [1.82, 2.24) is 5.32 Å². The maximum Gasteiger partial charge on any atom is 0.319 e. The molecule has 0 radical (unpaired) electrons. The Bertz CT molecular complexity index is 475. The van der Waals surface area contributed by atoms with Gasteiger partial charge in [-0.1, -0.05) is 19.8 Å².